The largest absolute Gasteiger partial charge is 0.103 e. The fourth-order valence-electron chi connectivity index (χ4n) is 1.27. The lowest BCUT2D eigenvalue weighted by Crippen LogP contribution is -1.89. The molecule has 0 fully saturated rings. The van der Waals surface area contributed by atoms with E-state index in [9.17, 15) is 0 Å². The second-order valence-electron chi connectivity index (χ2n) is 2.75. The molecule has 1 rings (SSSR count). The van der Waals surface area contributed by atoms with Crippen LogP contribution in [0.15, 0.2) is 49.6 Å². The Bertz CT molecular complexity index is 242. The Morgan fingerprint density at radius 3 is 1.62 bits per heavy atom. The van der Waals surface area contributed by atoms with Crippen LogP contribution in [0.25, 0.3) is 0 Å². The van der Waals surface area contributed by atoms with Crippen molar-refractivity contribution >= 4 is 0 Å². The van der Waals surface area contributed by atoms with E-state index in [0.29, 0.717) is 0 Å². The molecule has 0 bridgehead atoms. The van der Waals surface area contributed by atoms with Gasteiger partial charge in [0.05, 0.1) is 0 Å². The summed E-state index contributed by atoms with van der Waals surface area (Å²) in [6.45, 7) is 7.46. The summed E-state index contributed by atoms with van der Waals surface area (Å²) in [5.41, 5.74) is 2.71. The van der Waals surface area contributed by atoms with E-state index in [2.05, 4.69) is 37.4 Å². The van der Waals surface area contributed by atoms with Crippen LogP contribution in [0, 0.1) is 0 Å². The van der Waals surface area contributed by atoms with Crippen molar-refractivity contribution in [3.63, 3.8) is 0 Å². The third-order valence-corrected chi connectivity index (χ3v) is 1.85. The highest BCUT2D eigenvalue weighted by molar-refractivity contribution is 5.30. The summed E-state index contributed by atoms with van der Waals surface area (Å²) in [6, 6.07) is 8.40. The Morgan fingerprint density at radius 2 is 1.31 bits per heavy atom. The van der Waals surface area contributed by atoms with E-state index in [0.717, 1.165) is 12.8 Å². The summed E-state index contributed by atoms with van der Waals surface area (Å²) in [5.74, 6) is 0. The minimum Gasteiger partial charge on any atom is -0.103 e. The molecule has 0 saturated carbocycles. The first-order valence-corrected chi connectivity index (χ1v) is 4.17. The van der Waals surface area contributed by atoms with Gasteiger partial charge in [-0.15, -0.1) is 13.2 Å². The van der Waals surface area contributed by atoms with Gasteiger partial charge >= 0.3 is 0 Å². The zero-order chi connectivity index (χ0) is 8.81. The monoisotopic (exact) mass is 174 g/mol. The highest BCUT2D eigenvalue weighted by Crippen LogP contribution is 2.10. The van der Waals surface area contributed by atoms with Gasteiger partial charge in [0.1, 0.15) is 0 Å². The van der Waals surface area contributed by atoms with Gasteiger partial charge in [-0.05, 0) is 24.0 Å². The van der Waals surface area contributed by atoms with Crippen molar-refractivity contribution in [1.29, 1.82) is 0 Å². The average Bonchev–Trinajstić information content (AvgIpc) is 2.09. The van der Waals surface area contributed by atoms with Crippen LogP contribution in [0.3, 0.4) is 0 Å². The third-order valence-electron chi connectivity index (χ3n) is 1.85. The van der Waals surface area contributed by atoms with Crippen LogP contribution in [-0.4, -0.2) is 0 Å². The molecule has 0 unspecified atom stereocenters. The molecular formula is C13H18. The van der Waals surface area contributed by atoms with Gasteiger partial charge in [0.15, 0.2) is 0 Å². The Labute approximate surface area is 81.6 Å². The van der Waals surface area contributed by atoms with Crippen LogP contribution >= 0.6 is 0 Å². The molecule has 1 aromatic rings. The molecule has 0 aliphatic carbocycles. The van der Waals surface area contributed by atoms with Crippen LogP contribution in [-0.2, 0) is 12.8 Å². The predicted molar refractivity (Wildman–Crippen MR) is 61.0 cm³/mol. The van der Waals surface area contributed by atoms with Crippen molar-refractivity contribution in [2.45, 2.75) is 20.3 Å². The zero-order valence-electron chi connectivity index (χ0n) is 7.29. The van der Waals surface area contributed by atoms with Gasteiger partial charge in [-0.3, -0.25) is 0 Å². The van der Waals surface area contributed by atoms with Gasteiger partial charge in [0.2, 0.25) is 0 Å². The van der Waals surface area contributed by atoms with Crippen LogP contribution in [0.4, 0.5) is 0 Å². The molecule has 0 atom stereocenters. The van der Waals surface area contributed by atoms with Crippen molar-refractivity contribution in [3.05, 3.63) is 60.7 Å². The van der Waals surface area contributed by atoms with Gasteiger partial charge in [0, 0.05) is 0 Å². The smallest absolute Gasteiger partial charge is 0.00973 e. The lowest BCUT2D eigenvalue weighted by molar-refractivity contribution is 1.15. The van der Waals surface area contributed by atoms with Crippen LogP contribution in [0.5, 0.6) is 0 Å². The molecule has 0 nitrogen and oxygen atoms in total. The topological polar surface area (TPSA) is 0 Å². The molecule has 0 heterocycles. The van der Waals surface area contributed by atoms with Gasteiger partial charge in [-0.2, -0.15) is 0 Å². The summed E-state index contributed by atoms with van der Waals surface area (Å²) in [7, 11) is 0. The molecule has 0 aliphatic rings. The molecule has 0 saturated heterocycles. The first kappa shape index (κ1) is 11.7. The van der Waals surface area contributed by atoms with Gasteiger partial charge in [-0.1, -0.05) is 43.8 Å². The summed E-state index contributed by atoms with van der Waals surface area (Å²) < 4.78 is 0. The Balaban J connectivity index is 0.00000144. The summed E-state index contributed by atoms with van der Waals surface area (Å²) in [5, 5.41) is 0. The first-order valence-electron chi connectivity index (χ1n) is 4.17. The maximum absolute atomic E-state index is 3.73. The lowest BCUT2D eigenvalue weighted by atomic mass is 10.0. The van der Waals surface area contributed by atoms with E-state index < -0.39 is 0 Å². The van der Waals surface area contributed by atoms with Gasteiger partial charge in [0.25, 0.3) is 0 Å². The van der Waals surface area contributed by atoms with E-state index in [1.807, 2.05) is 12.2 Å². The molecule has 0 aliphatic heterocycles. The van der Waals surface area contributed by atoms with Crippen LogP contribution in [0.2, 0.25) is 0 Å². The normalized spacial score (nSPS) is 8.62. The molecule has 0 spiro atoms. The molecule has 1 aromatic carbocycles. The van der Waals surface area contributed by atoms with Crippen molar-refractivity contribution in [1.82, 2.24) is 0 Å². The van der Waals surface area contributed by atoms with Crippen molar-refractivity contribution in [2.24, 2.45) is 0 Å². The molecule has 0 aromatic heterocycles. The number of benzene rings is 1. The van der Waals surface area contributed by atoms with E-state index in [1.165, 1.54) is 11.1 Å². The molecular weight excluding hydrogens is 156 g/mol. The number of allylic oxidation sites excluding steroid dienone is 2. The van der Waals surface area contributed by atoms with E-state index >= 15 is 0 Å². The Morgan fingerprint density at radius 1 is 0.923 bits per heavy atom. The van der Waals surface area contributed by atoms with Crippen LogP contribution < -0.4 is 0 Å². The van der Waals surface area contributed by atoms with Crippen molar-refractivity contribution in [3.8, 4) is 0 Å². The molecule has 0 N–H and O–H groups in total. The van der Waals surface area contributed by atoms with E-state index in [1.54, 1.807) is 0 Å². The van der Waals surface area contributed by atoms with Gasteiger partial charge in [-0.25, -0.2) is 0 Å². The predicted octanol–water partition coefficient (Wildman–Crippen LogP) is 3.78. The summed E-state index contributed by atoms with van der Waals surface area (Å²) >= 11 is 0. The third kappa shape index (κ3) is 3.29. The van der Waals surface area contributed by atoms with Gasteiger partial charge < -0.3 is 0 Å². The first-order chi connectivity index (χ1) is 5.88. The standard InChI is InChI=1S/C12H14.CH4/c1-3-7-11-9-5-6-10-12(11)8-4-2;/h3-6,9-10H,1-2,7-8H2;1H4. The summed E-state index contributed by atoms with van der Waals surface area (Å²) in [6.07, 6.45) is 5.76. The minimum atomic E-state index is 0. The lowest BCUT2D eigenvalue weighted by Gasteiger charge is -2.03. The van der Waals surface area contributed by atoms with Crippen LogP contribution in [0.1, 0.15) is 18.6 Å². The molecule has 0 heteroatoms. The molecule has 70 valence electrons. The minimum absolute atomic E-state index is 0. The van der Waals surface area contributed by atoms with E-state index in [-0.39, 0.29) is 7.43 Å². The summed E-state index contributed by atoms with van der Waals surface area (Å²) in [4.78, 5) is 0. The average molecular weight is 174 g/mol. The van der Waals surface area contributed by atoms with Crippen molar-refractivity contribution < 1.29 is 0 Å². The second kappa shape index (κ2) is 6.24. The molecule has 0 amide bonds. The quantitative estimate of drug-likeness (QED) is 0.609. The maximum atomic E-state index is 3.73. The maximum Gasteiger partial charge on any atom is -0.00973 e. The fourth-order valence-corrected chi connectivity index (χ4v) is 1.27. The Hall–Kier alpha value is -1.30. The number of hydrogen-bond donors (Lipinski definition) is 0. The highest BCUT2D eigenvalue weighted by Gasteiger charge is 1.96. The number of rotatable bonds is 4. The highest BCUT2D eigenvalue weighted by atomic mass is 14.0. The zero-order valence-corrected chi connectivity index (χ0v) is 7.29. The molecule has 0 radical (unpaired) electrons. The fraction of sp³-hybridized carbons (Fsp3) is 0.231. The molecule has 13 heavy (non-hydrogen) atoms. The second-order valence-corrected chi connectivity index (χ2v) is 2.75. The SMILES string of the molecule is C.C=CCc1ccccc1CC=C. The number of hydrogen-bond acceptors (Lipinski definition) is 0. The Kier molecular flexibility index (Phi) is 5.62. The van der Waals surface area contributed by atoms with E-state index in [4.69, 9.17) is 0 Å². The van der Waals surface area contributed by atoms with Crippen molar-refractivity contribution in [2.75, 3.05) is 0 Å².